The van der Waals surface area contributed by atoms with Crippen LogP contribution in [-0.2, 0) is 0 Å². The van der Waals surface area contributed by atoms with E-state index >= 15 is 0 Å². The molecule has 0 fully saturated rings. The van der Waals surface area contributed by atoms with Crippen LogP contribution in [0.5, 0.6) is 0 Å². The molecule has 1 N–H and O–H groups in total. The quantitative estimate of drug-likeness (QED) is 0.524. The van der Waals surface area contributed by atoms with Crippen LogP contribution >= 0.6 is 0 Å². The van der Waals surface area contributed by atoms with Crippen molar-refractivity contribution >= 4 is 0 Å². The Labute approximate surface area is 119 Å². The first-order valence-corrected chi connectivity index (χ1v) is 8.29. The lowest BCUT2D eigenvalue weighted by Gasteiger charge is -2.34. The zero-order chi connectivity index (χ0) is 14.0. The molecule has 2 atom stereocenters. The van der Waals surface area contributed by atoms with Gasteiger partial charge >= 0.3 is 0 Å². The Kier molecular flexibility index (Phi) is 8.13. The van der Waals surface area contributed by atoms with Gasteiger partial charge in [0.1, 0.15) is 0 Å². The fraction of sp³-hybridized carbons (Fsp3) is 0.778. The molecule has 1 aliphatic carbocycles. The standard InChI is InChI=1S/C18H32O/c1-3-5-6-7-8-9-11-14-17(4-2)18(19)15-12-10-13-16-18/h10,12-13,15,17,19H,3-9,11,14,16H2,1-2H3. The van der Waals surface area contributed by atoms with Gasteiger partial charge in [0.2, 0.25) is 0 Å². The van der Waals surface area contributed by atoms with Crippen LogP contribution in [0.2, 0.25) is 0 Å². The Morgan fingerprint density at radius 3 is 2.26 bits per heavy atom. The van der Waals surface area contributed by atoms with Crippen molar-refractivity contribution in [2.45, 2.75) is 83.7 Å². The molecule has 0 radical (unpaired) electrons. The van der Waals surface area contributed by atoms with E-state index in [1.54, 1.807) is 0 Å². The number of unbranched alkanes of at least 4 members (excludes halogenated alkanes) is 6. The first-order valence-electron chi connectivity index (χ1n) is 8.29. The molecule has 0 heterocycles. The molecule has 0 aromatic carbocycles. The third-order valence-corrected chi connectivity index (χ3v) is 4.43. The van der Waals surface area contributed by atoms with E-state index in [1.807, 2.05) is 18.2 Å². The lowest BCUT2D eigenvalue weighted by atomic mass is 9.78. The van der Waals surface area contributed by atoms with Gasteiger partial charge in [0.15, 0.2) is 0 Å². The maximum atomic E-state index is 10.7. The van der Waals surface area contributed by atoms with E-state index in [2.05, 4.69) is 19.9 Å². The van der Waals surface area contributed by atoms with Crippen molar-refractivity contribution in [1.29, 1.82) is 0 Å². The Hall–Kier alpha value is -0.560. The highest BCUT2D eigenvalue weighted by Gasteiger charge is 2.32. The maximum Gasteiger partial charge on any atom is 0.0892 e. The summed E-state index contributed by atoms with van der Waals surface area (Å²) in [6.07, 6.45) is 20.6. The van der Waals surface area contributed by atoms with Gasteiger partial charge in [-0.15, -0.1) is 0 Å². The van der Waals surface area contributed by atoms with Crippen LogP contribution in [0.25, 0.3) is 0 Å². The van der Waals surface area contributed by atoms with Gasteiger partial charge in [-0.2, -0.15) is 0 Å². The van der Waals surface area contributed by atoms with Crippen LogP contribution in [0.3, 0.4) is 0 Å². The van der Waals surface area contributed by atoms with Crippen LogP contribution < -0.4 is 0 Å². The molecule has 1 rings (SSSR count). The largest absolute Gasteiger partial charge is 0.385 e. The predicted molar refractivity (Wildman–Crippen MR) is 84.2 cm³/mol. The van der Waals surface area contributed by atoms with Gasteiger partial charge in [-0.1, -0.05) is 89.5 Å². The van der Waals surface area contributed by atoms with Crippen LogP contribution in [0.15, 0.2) is 24.3 Å². The van der Waals surface area contributed by atoms with E-state index < -0.39 is 5.60 Å². The van der Waals surface area contributed by atoms with Gasteiger partial charge in [-0.05, 0) is 18.8 Å². The number of hydrogen-bond acceptors (Lipinski definition) is 1. The third kappa shape index (κ3) is 5.95. The molecule has 0 saturated carbocycles. The highest BCUT2D eigenvalue weighted by Crippen LogP contribution is 2.32. The first kappa shape index (κ1) is 16.5. The molecular formula is C18H32O. The topological polar surface area (TPSA) is 20.2 Å². The average Bonchev–Trinajstić information content (AvgIpc) is 2.42. The molecule has 0 bridgehead atoms. The second-order valence-corrected chi connectivity index (χ2v) is 6.00. The fourth-order valence-corrected chi connectivity index (χ4v) is 3.08. The Morgan fingerprint density at radius 2 is 1.68 bits per heavy atom. The van der Waals surface area contributed by atoms with Crippen molar-refractivity contribution in [3.05, 3.63) is 24.3 Å². The number of hydrogen-bond donors (Lipinski definition) is 1. The highest BCUT2D eigenvalue weighted by molar-refractivity contribution is 5.19. The SMILES string of the molecule is CCCCCCCCCC(CC)C1(O)C=CC=CC1. The van der Waals surface area contributed by atoms with Crippen molar-refractivity contribution in [3.63, 3.8) is 0 Å². The minimum Gasteiger partial charge on any atom is -0.385 e. The Bertz CT molecular complexity index is 279. The summed E-state index contributed by atoms with van der Waals surface area (Å²) in [6, 6.07) is 0. The summed E-state index contributed by atoms with van der Waals surface area (Å²) in [5.41, 5.74) is -0.578. The molecule has 0 spiro atoms. The third-order valence-electron chi connectivity index (χ3n) is 4.43. The molecule has 0 aromatic rings. The summed E-state index contributed by atoms with van der Waals surface area (Å²) in [7, 11) is 0. The normalized spacial score (nSPS) is 23.7. The van der Waals surface area contributed by atoms with Gasteiger partial charge in [-0.3, -0.25) is 0 Å². The summed E-state index contributed by atoms with van der Waals surface area (Å²) >= 11 is 0. The highest BCUT2D eigenvalue weighted by atomic mass is 16.3. The van der Waals surface area contributed by atoms with Crippen molar-refractivity contribution in [2.24, 2.45) is 5.92 Å². The van der Waals surface area contributed by atoms with Gasteiger partial charge in [0, 0.05) is 0 Å². The number of rotatable bonds is 10. The zero-order valence-electron chi connectivity index (χ0n) is 12.9. The molecule has 0 aromatic heterocycles. The number of allylic oxidation sites excluding steroid dienone is 2. The average molecular weight is 264 g/mol. The van der Waals surface area contributed by atoms with Gasteiger partial charge in [-0.25, -0.2) is 0 Å². The van der Waals surface area contributed by atoms with E-state index in [-0.39, 0.29) is 0 Å². The maximum absolute atomic E-state index is 10.7. The molecular weight excluding hydrogens is 232 g/mol. The number of aliphatic hydroxyl groups is 1. The molecule has 19 heavy (non-hydrogen) atoms. The first-order chi connectivity index (χ1) is 9.23. The lowest BCUT2D eigenvalue weighted by Crippen LogP contribution is -2.36. The summed E-state index contributed by atoms with van der Waals surface area (Å²) in [6.45, 7) is 4.47. The van der Waals surface area contributed by atoms with Crippen molar-refractivity contribution < 1.29 is 5.11 Å². The van der Waals surface area contributed by atoms with Gasteiger partial charge in [0.05, 0.1) is 5.60 Å². The molecule has 0 aliphatic heterocycles. The second kappa shape index (κ2) is 9.36. The summed E-state index contributed by atoms with van der Waals surface area (Å²) < 4.78 is 0. The van der Waals surface area contributed by atoms with E-state index in [4.69, 9.17) is 0 Å². The van der Waals surface area contributed by atoms with Crippen molar-refractivity contribution in [2.75, 3.05) is 0 Å². The van der Waals surface area contributed by atoms with Gasteiger partial charge < -0.3 is 5.11 Å². The van der Waals surface area contributed by atoms with Crippen molar-refractivity contribution in [1.82, 2.24) is 0 Å². The second-order valence-electron chi connectivity index (χ2n) is 6.00. The predicted octanol–water partition coefficient (Wildman–Crippen LogP) is 5.40. The van der Waals surface area contributed by atoms with E-state index in [0.29, 0.717) is 5.92 Å². The van der Waals surface area contributed by atoms with Crippen LogP contribution in [0.1, 0.15) is 78.1 Å². The fourth-order valence-electron chi connectivity index (χ4n) is 3.08. The molecule has 0 saturated heterocycles. The Morgan fingerprint density at radius 1 is 1.00 bits per heavy atom. The summed E-state index contributed by atoms with van der Waals surface area (Å²) in [5.74, 6) is 0.421. The molecule has 110 valence electrons. The van der Waals surface area contributed by atoms with E-state index in [0.717, 1.165) is 12.8 Å². The van der Waals surface area contributed by atoms with Crippen LogP contribution in [0.4, 0.5) is 0 Å². The smallest absolute Gasteiger partial charge is 0.0892 e. The van der Waals surface area contributed by atoms with E-state index in [1.165, 1.54) is 51.4 Å². The lowest BCUT2D eigenvalue weighted by molar-refractivity contribution is 0.0224. The van der Waals surface area contributed by atoms with Crippen molar-refractivity contribution in [3.8, 4) is 0 Å². The molecule has 0 amide bonds. The minimum absolute atomic E-state index is 0.421. The molecule has 2 unspecified atom stereocenters. The molecule has 1 aliphatic rings. The zero-order valence-corrected chi connectivity index (χ0v) is 12.9. The Balaban J connectivity index is 2.18. The minimum atomic E-state index is -0.578. The molecule has 1 heteroatoms. The van der Waals surface area contributed by atoms with E-state index in [9.17, 15) is 5.11 Å². The monoisotopic (exact) mass is 264 g/mol. The van der Waals surface area contributed by atoms with Crippen LogP contribution in [0, 0.1) is 5.92 Å². The molecule has 1 nitrogen and oxygen atoms in total. The summed E-state index contributed by atoms with van der Waals surface area (Å²) in [4.78, 5) is 0. The van der Waals surface area contributed by atoms with Crippen LogP contribution in [-0.4, -0.2) is 10.7 Å². The van der Waals surface area contributed by atoms with Gasteiger partial charge in [0.25, 0.3) is 0 Å². The summed E-state index contributed by atoms with van der Waals surface area (Å²) in [5, 5.41) is 10.7.